The molecule has 18 heavy (non-hydrogen) atoms. The van der Waals surface area contributed by atoms with Gasteiger partial charge in [0.1, 0.15) is 6.04 Å². The zero-order chi connectivity index (χ0) is 14.5. The number of rotatable bonds is 3. The molecule has 1 rings (SSSR count). The summed E-state index contributed by atoms with van der Waals surface area (Å²) in [4.78, 5) is 23.5. The Balaban J connectivity index is 2.81. The van der Waals surface area contributed by atoms with Crippen molar-refractivity contribution in [1.29, 1.82) is 0 Å². The van der Waals surface area contributed by atoms with Gasteiger partial charge >= 0.3 is 5.97 Å². The van der Waals surface area contributed by atoms with E-state index in [-0.39, 0.29) is 22.7 Å². The maximum Gasteiger partial charge on any atom is 0.326 e. The summed E-state index contributed by atoms with van der Waals surface area (Å²) in [5.74, 6) is -1.24. The molecule has 4 heteroatoms. The fraction of sp³-hybridized carbons (Fsp3) is 0.857. The summed E-state index contributed by atoms with van der Waals surface area (Å²) in [6.07, 6.45) is 0. The van der Waals surface area contributed by atoms with Crippen molar-refractivity contribution >= 4 is 11.9 Å². The molecule has 0 unspecified atom stereocenters. The van der Waals surface area contributed by atoms with Gasteiger partial charge in [-0.05, 0) is 16.2 Å². The molecule has 1 amide bonds. The highest BCUT2D eigenvalue weighted by Gasteiger charge is 2.68. The van der Waals surface area contributed by atoms with Crippen molar-refractivity contribution in [2.75, 3.05) is 0 Å². The van der Waals surface area contributed by atoms with Crippen molar-refractivity contribution in [1.82, 2.24) is 5.32 Å². The number of amides is 1. The van der Waals surface area contributed by atoms with Gasteiger partial charge in [-0.2, -0.15) is 0 Å². The fourth-order valence-electron chi connectivity index (χ4n) is 2.73. The highest BCUT2D eigenvalue weighted by Crippen LogP contribution is 2.68. The molecule has 0 spiro atoms. The molecule has 1 aliphatic rings. The molecule has 0 aromatic heterocycles. The van der Waals surface area contributed by atoms with E-state index < -0.39 is 17.4 Å². The molecule has 4 nitrogen and oxygen atoms in total. The highest BCUT2D eigenvalue weighted by atomic mass is 16.4. The lowest BCUT2D eigenvalue weighted by Gasteiger charge is -2.28. The Labute approximate surface area is 109 Å². The van der Waals surface area contributed by atoms with E-state index in [9.17, 15) is 14.7 Å². The van der Waals surface area contributed by atoms with Gasteiger partial charge < -0.3 is 10.4 Å². The summed E-state index contributed by atoms with van der Waals surface area (Å²) >= 11 is 0. The third kappa shape index (κ3) is 2.25. The average Bonchev–Trinajstić information content (AvgIpc) is 2.50. The zero-order valence-corrected chi connectivity index (χ0v) is 12.4. The Morgan fingerprint density at radius 2 is 1.50 bits per heavy atom. The van der Waals surface area contributed by atoms with Gasteiger partial charge in [0.25, 0.3) is 0 Å². The van der Waals surface area contributed by atoms with Crippen LogP contribution in [0.4, 0.5) is 0 Å². The van der Waals surface area contributed by atoms with Crippen LogP contribution in [0.15, 0.2) is 0 Å². The first-order valence-corrected chi connectivity index (χ1v) is 6.36. The summed E-state index contributed by atoms with van der Waals surface area (Å²) in [5.41, 5.74) is -0.638. The SMILES string of the molecule is CC(C)(C)[C@H](NC(=O)C1C(C)(C)C1(C)C)C(=O)O. The monoisotopic (exact) mass is 255 g/mol. The number of carboxylic acids is 1. The fourth-order valence-corrected chi connectivity index (χ4v) is 2.73. The molecule has 0 aromatic carbocycles. The lowest BCUT2D eigenvalue weighted by atomic mass is 9.86. The molecular weight excluding hydrogens is 230 g/mol. The van der Waals surface area contributed by atoms with E-state index in [0.29, 0.717) is 0 Å². The van der Waals surface area contributed by atoms with Gasteiger partial charge in [0.05, 0.1) is 0 Å². The van der Waals surface area contributed by atoms with Crippen LogP contribution >= 0.6 is 0 Å². The number of nitrogens with one attached hydrogen (secondary N) is 1. The predicted molar refractivity (Wildman–Crippen MR) is 70.1 cm³/mol. The largest absolute Gasteiger partial charge is 0.480 e. The Kier molecular flexibility index (Phi) is 3.31. The summed E-state index contributed by atoms with van der Waals surface area (Å²) in [7, 11) is 0. The van der Waals surface area contributed by atoms with E-state index in [1.165, 1.54) is 0 Å². The van der Waals surface area contributed by atoms with E-state index in [2.05, 4.69) is 5.32 Å². The van der Waals surface area contributed by atoms with Crippen LogP contribution in [0.5, 0.6) is 0 Å². The minimum atomic E-state index is -0.980. The second-order valence-electron chi connectivity index (χ2n) is 7.52. The van der Waals surface area contributed by atoms with E-state index in [4.69, 9.17) is 0 Å². The van der Waals surface area contributed by atoms with Crippen LogP contribution in [-0.2, 0) is 9.59 Å². The van der Waals surface area contributed by atoms with Crippen molar-refractivity contribution in [3.63, 3.8) is 0 Å². The van der Waals surface area contributed by atoms with Crippen molar-refractivity contribution in [3.8, 4) is 0 Å². The van der Waals surface area contributed by atoms with Crippen LogP contribution in [0, 0.1) is 22.2 Å². The molecule has 0 saturated heterocycles. The van der Waals surface area contributed by atoms with Gasteiger partial charge in [-0.25, -0.2) is 4.79 Å². The molecule has 0 heterocycles. The lowest BCUT2D eigenvalue weighted by molar-refractivity contribution is -0.145. The maximum atomic E-state index is 12.2. The summed E-state index contributed by atoms with van der Waals surface area (Å²) in [6, 6.07) is -0.850. The average molecular weight is 255 g/mol. The van der Waals surface area contributed by atoms with Crippen LogP contribution in [-0.4, -0.2) is 23.0 Å². The normalized spacial score (nSPS) is 23.3. The topological polar surface area (TPSA) is 66.4 Å². The number of hydrogen-bond acceptors (Lipinski definition) is 2. The highest BCUT2D eigenvalue weighted by molar-refractivity contribution is 5.88. The minimum Gasteiger partial charge on any atom is -0.480 e. The summed E-state index contributed by atoms with van der Waals surface area (Å²) in [5, 5.41) is 11.9. The van der Waals surface area contributed by atoms with E-state index in [1.807, 2.05) is 48.5 Å². The van der Waals surface area contributed by atoms with Crippen molar-refractivity contribution in [2.45, 2.75) is 54.5 Å². The molecule has 0 radical (unpaired) electrons. The quantitative estimate of drug-likeness (QED) is 0.813. The van der Waals surface area contributed by atoms with Crippen molar-refractivity contribution in [3.05, 3.63) is 0 Å². The first-order chi connectivity index (χ1) is 7.83. The summed E-state index contributed by atoms with van der Waals surface area (Å²) in [6.45, 7) is 13.6. The smallest absolute Gasteiger partial charge is 0.326 e. The number of carboxylic acid groups (broad SMARTS) is 1. The third-order valence-corrected chi connectivity index (χ3v) is 4.68. The minimum absolute atomic E-state index is 0.0714. The van der Waals surface area contributed by atoms with E-state index in [0.717, 1.165) is 0 Å². The van der Waals surface area contributed by atoms with Gasteiger partial charge in [-0.1, -0.05) is 48.5 Å². The van der Waals surface area contributed by atoms with Crippen LogP contribution in [0.1, 0.15) is 48.5 Å². The van der Waals surface area contributed by atoms with Crippen LogP contribution in [0.2, 0.25) is 0 Å². The van der Waals surface area contributed by atoms with Crippen LogP contribution in [0.3, 0.4) is 0 Å². The number of carbonyl (C=O) groups is 2. The molecular formula is C14H25NO3. The van der Waals surface area contributed by atoms with Crippen molar-refractivity contribution < 1.29 is 14.7 Å². The number of aliphatic carboxylic acids is 1. The molecule has 1 aliphatic carbocycles. The Bertz CT molecular complexity index is 363. The van der Waals surface area contributed by atoms with Gasteiger partial charge in [0.2, 0.25) is 5.91 Å². The maximum absolute atomic E-state index is 12.2. The van der Waals surface area contributed by atoms with Crippen LogP contribution < -0.4 is 5.32 Å². The molecule has 1 saturated carbocycles. The molecule has 1 fully saturated rings. The second kappa shape index (κ2) is 3.97. The molecule has 0 aliphatic heterocycles. The second-order valence-corrected chi connectivity index (χ2v) is 7.52. The van der Waals surface area contributed by atoms with Gasteiger partial charge in [-0.15, -0.1) is 0 Å². The lowest BCUT2D eigenvalue weighted by Crippen LogP contribution is -2.50. The number of hydrogen-bond donors (Lipinski definition) is 2. The van der Waals surface area contributed by atoms with E-state index in [1.54, 1.807) is 0 Å². The molecule has 0 aromatic rings. The van der Waals surface area contributed by atoms with Crippen molar-refractivity contribution in [2.24, 2.45) is 22.2 Å². The first-order valence-electron chi connectivity index (χ1n) is 6.36. The van der Waals surface area contributed by atoms with Gasteiger partial charge in [0, 0.05) is 5.92 Å². The Morgan fingerprint density at radius 1 is 1.11 bits per heavy atom. The molecule has 1 atom stereocenters. The van der Waals surface area contributed by atoms with Gasteiger partial charge in [0.15, 0.2) is 0 Å². The molecule has 104 valence electrons. The standard InChI is InChI=1S/C14H25NO3/c1-12(2,3)9(11(17)18)15-10(16)8-13(4,5)14(8,6)7/h8-9H,1-7H3,(H,15,16)(H,17,18)/t9-/m1/s1. The third-order valence-electron chi connectivity index (χ3n) is 4.68. The Hall–Kier alpha value is -1.06. The number of carbonyl (C=O) groups excluding carboxylic acids is 1. The van der Waals surface area contributed by atoms with Crippen LogP contribution in [0.25, 0.3) is 0 Å². The Morgan fingerprint density at radius 3 is 1.72 bits per heavy atom. The summed E-state index contributed by atoms with van der Waals surface area (Å²) < 4.78 is 0. The van der Waals surface area contributed by atoms with E-state index >= 15 is 0 Å². The predicted octanol–water partition coefficient (Wildman–Crippen LogP) is 2.28. The molecule has 2 N–H and O–H groups in total. The van der Waals surface area contributed by atoms with Gasteiger partial charge in [-0.3, -0.25) is 4.79 Å². The zero-order valence-electron chi connectivity index (χ0n) is 12.4. The molecule has 0 bridgehead atoms. The first kappa shape index (κ1) is 15.0.